The summed E-state index contributed by atoms with van der Waals surface area (Å²) < 4.78 is 2.05. The third kappa shape index (κ3) is 4.62. The zero-order chi connectivity index (χ0) is 18.5. The van der Waals surface area contributed by atoms with Crippen LogP contribution in [-0.4, -0.2) is 52.8 Å². The van der Waals surface area contributed by atoms with Crippen molar-refractivity contribution in [1.29, 1.82) is 0 Å². The summed E-state index contributed by atoms with van der Waals surface area (Å²) in [5.41, 5.74) is 10.3. The maximum atomic E-state index is 11.6. The van der Waals surface area contributed by atoms with E-state index < -0.39 is 0 Å². The van der Waals surface area contributed by atoms with E-state index in [1.807, 2.05) is 0 Å². The average Bonchev–Trinajstić information content (AvgIpc) is 3.03. The van der Waals surface area contributed by atoms with Crippen molar-refractivity contribution in [3.05, 3.63) is 52.8 Å². The summed E-state index contributed by atoms with van der Waals surface area (Å²) in [6, 6.07) is 10.7. The lowest BCUT2D eigenvalue weighted by molar-refractivity contribution is 0.205. The zero-order valence-corrected chi connectivity index (χ0v) is 15.6. The highest BCUT2D eigenvalue weighted by Crippen LogP contribution is 2.17. The van der Waals surface area contributed by atoms with Gasteiger partial charge in [0, 0.05) is 33.7 Å². The number of nitrogens with two attached hydrogens (primary N) is 1. The van der Waals surface area contributed by atoms with Gasteiger partial charge < -0.3 is 16.0 Å². The Morgan fingerprint density at radius 2 is 1.96 bits per heavy atom. The summed E-state index contributed by atoms with van der Waals surface area (Å²) in [5, 5.41) is 7.46. The second-order valence-corrected chi connectivity index (χ2v) is 6.97. The molecule has 2 heterocycles. The molecule has 7 heteroatoms. The van der Waals surface area contributed by atoms with E-state index in [1.165, 1.54) is 21.7 Å². The van der Waals surface area contributed by atoms with Crippen molar-refractivity contribution < 1.29 is 4.79 Å². The van der Waals surface area contributed by atoms with Crippen molar-refractivity contribution >= 4 is 6.03 Å². The number of fused-ring (bicyclic) bond motifs is 1. The Bertz CT molecular complexity index is 737. The lowest BCUT2D eigenvalue weighted by Crippen LogP contribution is -2.34. The number of carbonyl (C=O) groups excluding carboxylic acids is 1. The second-order valence-electron chi connectivity index (χ2n) is 6.97. The van der Waals surface area contributed by atoms with Crippen molar-refractivity contribution in [2.45, 2.75) is 32.6 Å². The molecule has 0 spiro atoms. The van der Waals surface area contributed by atoms with Crippen molar-refractivity contribution in [2.75, 3.05) is 27.2 Å². The van der Waals surface area contributed by atoms with Crippen LogP contribution in [0.25, 0.3) is 0 Å². The van der Waals surface area contributed by atoms with Crippen LogP contribution in [0.5, 0.6) is 0 Å². The van der Waals surface area contributed by atoms with Crippen LogP contribution in [0, 0.1) is 0 Å². The fourth-order valence-corrected chi connectivity index (χ4v) is 3.16. The van der Waals surface area contributed by atoms with Crippen molar-refractivity contribution in [1.82, 2.24) is 24.9 Å². The number of amides is 2. The lowest BCUT2D eigenvalue weighted by atomic mass is 10.1. The SMILES string of the molecule is CN(C)C(=O)NCc1cc2n(n1)CCN(Cc1ccc(CCN)cc1)C2. The zero-order valence-electron chi connectivity index (χ0n) is 15.6. The molecule has 3 N–H and O–H groups in total. The quantitative estimate of drug-likeness (QED) is 0.814. The molecule has 7 nitrogen and oxygen atoms in total. The van der Waals surface area contributed by atoms with Gasteiger partial charge in [0.05, 0.1) is 24.5 Å². The maximum Gasteiger partial charge on any atom is 0.317 e. The Morgan fingerprint density at radius 1 is 1.23 bits per heavy atom. The van der Waals surface area contributed by atoms with Crippen LogP contribution >= 0.6 is 0 Å². The van der Waals surface area contributed by atoms with E-state index in [0.717, 1.165) is 38.3 Å². The summed E-state index contributed by atoms with van der Waals surface area (Å²) in [6.45, 7) is 4.80. The molecule has 140 valence electrons. The van der Waals surface area contributed by atoms with E-state index in [2.05, 4.69) is 50.3 Å². The van der Waals surface area contributed by atoms with Gasteiger partial charge in [-0.05, 0) is 30.2 Å². The third-order valence-electron chi connectivity index (χ3n) is 4.62. The summed E-state index contributed by atoms with van der Waals surface area (Å²) in [7, 11) is 3.46. The van der Waals surface area contributed by atoms with Gasteiger partial charge in [0.15, 0.2) is 0 Å². The molecule has 0 saturated carbocycles. The summed E-state index contributed by atoms with van der Waals surface area (Å²) in [6.07, 6.45) is 0.927. The molecule has 0 radical (unpaired) electrons. The molecule has 1 aromatic heterocycles. The standard InChI is InChI=1S/C19H28N6O/c1-23(2)19(26)21-12-17-11-18-14-24(9-10-25(18)22-17)13-16-5-3-15(4-6-16)7-8-20/h3-6,11H,7-10,12-14,20H2,1-2H3,(H,21,26). The van der Waals surface area contributed by atoms with E-state index in [9.17, 15) is 4.79 Å². The Kier molecular flexibility index (Phi) is 5.90. The Labute approximate surface area is 154 Å². The van der Waals surface area contributed by atoms with E-state index in [-0.39, 0.29) is 6.03 Å². The van der Waals surface area contributed by atoms with E-state index in [1.54, 1.807) is 14.1 Å². The summed E-state index contributed by atoms with van der Waals surface area (Å²) in [4.78, 5) is 15.6. The number of carbonyl (C=O) groups is 1. The number of aromatic nitrogens is 2. The molecule has 0 aliphatic carbocycles. The normalized spacial score (nSPS) is 14.1. The number of hydrogen-bond donors (Lipinski definition) is 2. The van der Waals surface area contributed by atoms with Crippen molar-refractivity contribution in [2.24, 2.45) is 5.73 Å². The molecule has 1 aromatic carbocycles. The summed E-state index contributed by atoms with van der Waals surface area (Å²) in [5.74, 6) is 0. The van der Waals surface area contributed by atoms with Gasteiger partial charge in [-0.2, -0.15) is 5.10 Å². The van der Waals surface area contributed by atoms with Crippen LogP contribution in [-0.2, 0) is 32.6 Å². The molecule has 1 aliphatic heterocycles. The van der Waals surface area contributed by atoms with Crippen molar-refractivity contribution in [3.63, 3.8) is 0 Å². The molecule has 0 atom stereocenters. The number of nitrogens with one attached hydrogen (secondary N) is 1. The van der Waals surface area contributed by atoms with Crippen LogP contribution in [0.2, 0.25) is 0 Å². The molecule has 0 saturated heterocycles. The second kappa shape index (κ2) is 8.33. The first-order chi connectivity index (χ1) is 12.5. The number of benzene rings is 1. The predicted octanol–water partition coefficient (Wildman–Crippen LogP) is 1.17. The van der Waals surface area contributed by atoms with Gasteiger partial charge in [-0.25, -0.2) is 4.79 Å². The highest BCUT2D eigenvalue weighted by molar-refractivity contribution is 5.73. The molecule has 0 fully saturated rings. The minimum Gasteiger partial charge on any atom is -0.332 e. The first-order valence-electron chi connectivity index (χ1n) is 9.06. The van der Waals surface area contributed by atoms with Gasteiger partial charge in [-0.15, -0.1) is 0 Å². The fraction of sp³-hybridized carbons (Fsp3) is 0.474. The minimum absolute atomic E-state index is 0.101. The van der Waals surface area contributed by atoms with Gasteiger partial charge in [-0.3, -0.25) is 9.58 Å². The number of urea groups is 1. The summed E-state index contributed by atoms with van der Waals surface area (Å²) >= 11 is 0. The predicted molar refractivity (Wildman–Crippen MR) is 101 cm³/mol. The highest BCUT2D eigenvalue weighted by atomic mass is 16.2. The molecule has 0 unspecified atom stereocenters. The van der Waals surface area contributed by atoms with E-state index in [4.69, 9.17) is 5.73 Å². The fourth-order valence-electron chi connectivity index (χ4n) is 3.16. The first-order valence-corrected chi connectivity index (χ1v) is 9.06. The van der Waals surface area contributed by atoms with Crippen LogP contribution in [0.15, 0.2) is 30.3 Å². The van der Waals surface area contributed by atoms with Gasteiger partial charge in [-0.1, -0.05) is 24.3 Å². The molecular formula is C19H28N6O. The lowest BCUT2D eigenvalue weighted by Gasteiger charge is -2.27. The molecule has 2 amide bonds. The first kappa shape index (κ1) is 18.4. The minimum atomic E-state index is -0.101. The highest BCUT2D eigenvalue weighted by Gasteiger charge is 2.18. The molecule has 2 aromatic rings. The smallest absolute Gasteiger partial charge is 0.317 e. The Balaban J connectivity index is 1.56. The maximum absolute atomic E-state index is 11.6. The van der Waals surface area contributed by atoms with Gasteiger partial charge in [0.25, 0.3) is 0 Å². The molecular weight excluding hydrogens is 328 g/mol. The Morgan fingerprint density at radius 3 is 2.65 bits per heavy atom. The van der Waals surface area contributed by atoms with Crippen molar-refractivity contribution in [3.8, 4) is 0 Å². The average molecular weight is 356 g/mol. The van der Waals surface area contributed by atoms with Gasteiger partial charge in [0.2, 0.25) is 0 Å². The number of hydrogen-bond acceptors (Lipinski definition) is 4. The third-order valence-corrected chi connectivity index (χ3v) is 4.62. The van der Waals surface area contributed by atoms with Crippen LogP contribution in [0.3, 0.4) is 0 Å². The van der Waals surface area contributed by atoms with E-state index in [0.29, 0.717) is 13.1 Å². The molecule has 0 bridgehead atoms. The van der Waals surface area contributed by atoms with Gasteiger partial charge >= 0.3 is 6.03 Å². The van der Waals surface area contributed by atoms with Gasteiger partial charge in [0.1, 0.15) is 0 Å². The van der Waals surface area contributed by atoms with Crippen LogP contribution in [0.1, 0.15) is 22.5 Å². The molecule has 26 heavy (non-hydrogen) atoms. The molecule has 3 rings (SSSR count). The number of nitrogens with zero attached hydrogens (tertiary/aromatic N) is 4. The van der Waals surface area contributed by atoms with E-state index >= 15 is 0 Å². The molecule has 1 aliphatic rings. The van der Waals surface area contributed by atoms with Crippen LogP contribution < -0.4 is 11.1 Å². The largest absolute Gasteiger partial charge is 0.332 e. The monoisotopic (exact) mass is 356 g/mol. The number of rotatable bonds is 6. The van der Waals surface area contributed by atoms with Crippen LogP contribution in [0.4, 0.5) is 4.79 Å². The Hall–Kier alpha value is -2.38. The topological polar surface area (TPSA) is 79.4 Å².